The molecule has 0 bridgehead atoms. The quantitative estimate of drug-likeness (QED) is 0.790. The molecule has 2 atom stereocenters. The Hall–Kier alpha value is -2.13. The second-order valence-corrected chi connectivity index (χ2v) is 5.72. The molecule has 0 N–H and O–H groups in total. The molecule has 0 radical (unpaired) electrons. The smallest absolute Gasteiger partial charge is 0.323 e. The number of carbonyl (C=O) groups is 1. The van der Waals surface area contributed by atoms with E-state index in [0.29, 0.717) is 6.61 Å². The van der Waals surface area contributed by atoms with Gasteiger partial charge in [0.25, 0.3) is 0 Å². The highest BCUT2D eigenvalue weighted by Crippen LogP contribution is 2.30. The van der Waals surface area contributed by atoms with Crippen LogP contribution < -0.4 is 0 Å². The molecule has 1 aliphatic rings. The highest BCUT2D eigenvalue weighted by Gasteiger charge is 2.38. The van der Waals surface area contributed by atoms with Crippen LogP contribution in [0.1, 0.15) is 30.5 Å². The maximum absolute atomic E-state index is 12.3. The summed E-state index contributed by atoms with van der Waals surface area (Å²) < 4.78 is 5.47. The number of hydrogen-bond donors (Lipinski definition) is 0. The van der Waals surface area contributed by atoms with Gasteiger partial charge >= 0.3 is 5.97 Å². The molecule has 0 saturated carbocycles. The average Bonchev–Trinajstić information content (AvgIpc) is 2.54. The number of benzene rings is 2. The minimum absolute atomic E-state index is 0.112. The van der Waals surface area contributed by atoms with Crippen LogP contribution in [-0.2, 0) is 16.1 Å². The predicted octanol–water partition coefficient (Wildman–Crippen LogP) is 3.57. The number of hydrogen-bond acceptors (Lipinski definition) is 3. The molecule has 1 heterocycles. The van der Waals surface area contributed by atoms with Gasteiger partial charge in [0.1, 0.15) is 12.6 Å². The normalized spacial score (nSPS) is 19.2. The second kappa shape index (κ2) is 6.75. The highest BCUT2D eigenvalue weighted by atomic mass is 16.5. The number of likely N-dealkylation sites (tertiary alicyclic amines) is 1. The molecule has 0 amide bonds. The zero-order chi connectivity index (χ0) is 15.4. The Labute approximate surface area is 131 Å². The van der Waals surface area contributed by atoms with Crippen molar-refractivity contribution in [3.8, 4) is 0 Å². The SMILES string of the molecule is C[C@@H](c1ccccc1)N1CC[C@H]1C(=O)OCc1ccccc1. The molecule has 3 rings (SSSR count). The molecule has 3 heteroatoms. The van der Waals surface area contributed by atoms with E-state index in [-0.39, 0.29) is 18.1 Å². The fraction of sp³-hybridized carbons (Fsp3) is 0.316. The van der Waals surface area contributed by atoms with Gasteiger partial charge in [-0.15, -0.1) is 0 Å². The van der Waals surface area contributed by atoms with E-state index in [1.54, 1.807) is 0 Å². The maximum atomic E-state index is 12.3. The van der Waals surface area contributed by atoms with Crippen molar-refractivity contribution in [1.29, 1.82) is 0 Å². The van der Waals surface area contributed by atoms with Gasteiger partial charge in [-0.05, 0) is 24.5 Å². The summed E-state index contributed by atoms with van der Waals surface area (Å²) in [4.78, 5) is 14.5. The lowest BCUT2D eigenvalue weighted by molar-refractivity contribution is -0.158. The monoisotopic (exact) mass is 295 g/mol. The second-order valence-electron chi connectivity index (χ2n) is 5.72. The van der Waals surface area contributed by atoms with E-state index in [4.69, 9.17) is 4.74 Å². The highest BCUT2D eigenvalue weighted by molar-refractivity contribution is 5.77. The molecule has 114 valence electrons. The fourth-order valence-electron chi connectivity index (χ4n) is 2.87. The van der Waals surface area contributed by atoms with E-state index in [1.165, 1.54) is 5.56 Å². The standard InChI is InChI=1S/C19H21NO2/c1-15(17-10-6-3-7-11-17)20-13-12-18(20)19(21)22-14-16-8-4-2-5-9-16/h2-11,15,18H,12-14H2,1H3/t15-,18-/m0/s1. The Bertz CT molecular complexity index is 612. The van der Waals surface area contributed by atoms with Gasteiger partial charge in [-0.25, -0.2) is 0 Å². The number of esters is 1. The molecule has 1 aliphatic heterocycles. The summed E-state index contributed by atoms with van der Waals surface area (Å²) >= 11 is 0. The van der Waals surface area contributed by atoms with Crippen LogP contribution in [0.25, 0.3) is 0 Å². The Morgan fingerprint density at radius 2 is 1.77 bits per heavy atom. The van der Waals surface area contributed by atoms with Gasteiger partial charge < -0.3 is 4.74 Å². The third-order valence-corrected chi connectivity index (χ3v) is 4.34. The zero-order valence-corrected chi connectivity index (χ0v) is 12.8. The Morgan fingerprint density at radius 3 is 2.36 bits per heavy atom. The Morgan fingerprint density at radius 1 is 1.14 bits per heavy atom. The summed E-state index contributed by atoms with van der Waals surface area (Å²) in [6, 6.07) is 20.2. The lowest BCUT2D eigenvalue weighted by Gasteiger charge is -2.43. The third-order valence-electron chi connectivity index (χ3n) is 4.34. The molecule has 2 aromatic rings. The third kappa shape index (κ3) is 3.20. The van der Waals surface area contributed by atoms with E-state index in [2.05, 4.69) is 24.0 Å². The molecule has 3 nitrogen and oxygen atoms in total. The lowest BCUT2D eigenvalue weighted by Crippen LogP contribution is -2.53. The van der Waals surface area contributed by atoms with Crippen molar-refractivity contribution in [2.75, 3.05) is 6.54 Å². The van der Waals surface area contributed by atoms with E-state index >= 15 is 0 Å². The van der Waals surface area contributed by atoms with Gasteiger partial charge in [0.15, 0.2) is 0 Å². The zero-order valence-electron chi connectivity index (χ0n) is 12.8. The first-order valence-corrected chi connectivity index (χ1v) is 7.77. The molecule has 0 aromatic heterocycles. The van der Waals surface area contributed by atoms with Crippen LogP contribution in [0.3, 0.4) is 0 Å². The van der Waals surface area contributed by atoms with Crippen molar-refractivity contribution in [2.24, 2.45) is 0 Å². The van der Waals surface area contributed by atoms with Crippen LogP contribution in [0, 0.1) is 0 Å². The summed E-state index contributed by atoms with van der Waals surface area (Å²) in [6.45, 7) is 3.44. The first kappa shape index (κ1) is 14.8. The minimum atomic E-state index is -0.113. The largest absolute Gasteiger partial charge is 0.460 e. The molecule has 1 fully saturated rings. The lowest BCUT2D eigenvalue weighted by atomic mass is 9.96. The summed E-state index contributed by atoms with van der Waals surface area (Å²) in [6.07, 6.45) is 0.880. The fourth-order valence-corrected chi connectivity index (χ4v) is 2.87. The average molecular weight is 295 g/mol. The first-order chi connectivity index (χ1) is 10.8. The number of rotatable bonds is 5. The van der Waals surface area contributed by atoms with Crippen molar-refractivity contribution in [3.05, 3.63) is 71.8 Å². The molecular weight excluding hydrogens is 274 g/mol. The Kier molecular flexibility index (Phi) is 4.54. The van der Waals surface area contributed by atoms with Crippen LogP contribution >= 0.6 is 0 Å². The molecular formula is C19H21NO2. The summed E-state index contributed by atoms with van der Waals surface area (Å²) in [5, 5.41) is 0. The van der Waals surface area contributed by atoms with Crippen molar-refractivity contribution in [3.63, 3.8) is 0 Å². The van der Waals surface area contributed by atoms with Gasteiger partial charge in [-0.2, -0.15) is 0 Å². The first-order valence-electron chi connectivity index (χ1n) is 7.77. The van der Waals surface area contributed by atoms with Crippen LogP contribution in [0.15, 0.2) is 60.7 Å². The molecule has 22 heavy (non-hydrogen) atoms. The summed E-state index contributed by atoms with van der Waals surface area (Å²) in [7, 11) is 0. The van der Waals surface area contributed by atoms with Crippen molar-refractivity contribution in [2.45, 2.75) is 32.0 Å². The number of carbonyl (C=O) groups excluding carboxylic acids is 1. The number of nitrogens with zero attached hydrogens (tertiary/aromatic N) is 1. The van der Waals surface area contributed by atoms with E-state index in [1.807, 2.05) is 48.5 Å². The van der Waals surface area contributed by atoms with Crippen LogP contribution in [0.2, 0.25) is 0 Å². The predicted molar refractivity (Wildman–Crippen MR) is 86.2 cm³/mol. The van der Waals surface area contributed by atoms with E-state index in [9.17, 15) is 4.79 Å². The molecule has 0 aliphatic carbocycles. The van der Waals surface area contributed by atoms with Crippen molar-refractivity contribution in [1.82, 2.24) is 4.90 Å². The van der Waals surface area contributed by atoms with Crippen LogP contribution in [0.5, 0.6) is 0 Å². The molecule has 2 aromatic carbocycles. The van der Waals surface area contributed by atoms with Crippen LogP contribution in [0.4, 0.5) is 0 Å². The molecule has 1 saturated heterocycles. The van der Waals surface area contributed by atoms with Gasteiger partial charge in [0, 0.05) is 12.6 Å². The van der Waals surface area contributed by atoms with Crippen molar-refractivity contribution < 1.29 is 9.53 Å². The molecule has 0 unspecified atom stereocenters. The topological polar surface area (TPSA) is 29.5 Å². The summed E-state index contributed by atoms with van der Waals surface area (Å²) in [5.74, 6) is -0.113. The molecule has 0 spiro atoms. The van der Waals surface area contributed by atoms with Gasteiger partial charge in [0.2, 0.25) is 0 Å². The van der Waals surface area contributed by atoms with Crippen molar-refractivity contribution >= 4 is 5.97 Å². The minimum Gasteiger partial charge on any atom is -0.460 e. The van der Waals surface area contributed by atoms with Crippen LogP contribution in [-0.4, -0.2) is 23.5 Å². The number of ether oxygens (including phenoxy) is 1. The van der Waals surface area contributed by atoms with E-state index < -0.39 is 0 Å². The van der Waals surface area contributed by atoms with E-state index in [0.717, 1.165) is 18.5 Å². The van der Waals surface area contributed by atoms with Gasteiger partial charge in [0.05, 0.1) is 0 Å². The van der Waals surface area contributed by atoms with Gasteiger partial charge in [-0.3, -0.25) is 9.69 Å². The Balaban J connectivity index is 1.57. The maximum Gasteiger partial charge on any atom is 0.323 e. The van der Waals surface area contributed by atoms with Gasteiger partial charge in [-0.1, -0.05) is 60.7 Å². The summed E-state index contributed by atoms with van der Waals surface area (Å²) in [5.41, 5.74) is 2.26.